The molecule has 0 aliphatic heterocycles. The number of fused-ring (bicyclic) bond motifs is 1. The molecule has 3 aromatic rings. The Bertz CT molecular complexity index is 1100. The zero-order valence-electron chi connectivity index (χ0n) is 17.4. The van der Waals surface area contributed by atoms with Gasteiger partial charge in [0, 0.05) is 24.2 Å². The number of hydrogen-bond donors (Lipinski definition) is 1. The van der Waals surface area contributed by atoms with Crippen LogP contribution >= 0.6 is 0 Å². The van der Waals surface area contributed by atoms with Gasteiger partial charge in [0.25, 0.3) is 12.3 Å². The van der Waals surface area contributed by atoms with E-state index in [-0.39, 0.29) is 29.5 Å². The van der Waals surface area contributed by atoms with Gasteiger partial charge in [0.15, 0.2) is 22.8 Å². The van der Waals surface area contributed by atoms with Gasteiger partial charge in [0.1, 0.15) is 5.69 Å². The molecular weight excluding hydrogens is 406 g/mol. The molecule has 0 unspecified atom stereocenters. The zero-order valence-corrected chi connectivity index (χ0v) is 17.4. The highest BCUT2D eigenvalue weighted by molar-refractivity contribution is 5.93. The number of nitrogens with zero attached hydrogens (tertiary/aromatic N) is 3. The smallest absolute Gasteiger partial charge is 0.280 e. The van der Waals surface area contributed by atoms with Crippen molar-refractivity contribution in [3.05, 3.63) is 53.0 Å². The molecule has 1 saturated carbocycles. The molecule has 0 radical (unpaired) electrons. The molecule has 2 aromatic heterocycles. The number of halogens is 2. The van der Waals surface area contributed by atoms with Crippen molar-refractivity contribution in [1.29, 1.82) is 0 Å². The van der Waals surface area contributed by atoms with E-state index in [2.05, 4.69) is 15.4 Å². The van der Waals surface area contributed by atoms with Crippen molar-refractivity contribution in [3.8, 4) is 11.5 Å². The monoisotopic (exact) mass is 430 g/mol. The molecule has 1 aromatic carbocycles. The summed E-state index contributed by atoms with van der Waals surface area (Å²) >= 11 is 0. The Morgan fingerprint density at radius 1 is 1.16 bits per heavy atom. The van der Waals surface area contributed by atoms with Gasteiger partial charge in [-0.05, 0) is 50.5 Å². The van der Waals surface area contributed by atoms with Crippen LogP contribution in [-0.4, -0.2) is 33.7 Å². The van der Waals surface area contributed by atoms with Crippen LogP contribution in [0.4, 0.5) is 8.78 Å². The maximum atomic E-state index is 13.5. The number of benzene rings is 1. The van der Waals surface area contributed by atoms with Crippen LogP contribution in [0, 0.1) is 0 Å². The minimum absolute atomic E-state index is 0.0401. The van der Waals surface area contributed by atoms with Gasteiger partial charge in [-0.15, -0.1) is 0 Å². The number of ether oxygens (including phenoxy) is 2. The number of alkyl halides is 2. The van der Waals surface area contributed by atoms with Gasteiger partial charge in [0.2, 0.25) is 0 Å². The van der Waals surface area contributed by atoms with E-state index in [1.54, 1.807) is 12.1 Å². The highest BCUT2D eigenvalue weighted by Gasteiger charge is 2.28. The van der Waals surface area contributed by atoms with Crippen LogP contribution in [0.2, 0.25) is 0 Å². The average molecular weight is 430 g/mol. The number of carbonyl (C=O) groups excluding carboxylic acids is 1. The first-order chi connectivity index (χ1) is 15.0. The summed E-state index contributed by atoms with van der Waals surface area (Å²) < 4.78 is 39.2. The topological polar surface area (TPSA) is 77.8 Å². The molecule has 0 atom stereocenters. The predicted octanol–water partition coefficient (Wildman–Crippen LogP) is 4.27. The molecule has 1 N–H and O–H groups in total. The summed E-state index contributed by atoms with van der Waals surface area (Å²) in [5.74, 6) is 0.985. The molecule has 1 aliphatic carbocycles. The molecular formula is C22H24F2N4O3. The molecule has 0 spiro atoms. The molecule has 1 amide bonds. The fourth-order valence-corrected chi connectivity index (χ4v) is 3.35. The van der Waals surface area contributed by atoms with Crippen molar-refractivity contribution in [1.82, 2.24) is 19.9 Å². The number of aromatic nitrogens is 3. The Balaban J connectivity index is 1.52. The van der Waals surface area contributed by atoms with E-state index in [0.717, 1.165) is 22.9 Å². The third-order valence-corrected chi connectivity index (χ3v) is 4.99. The summed E-state index contributed by atoms with van der Waals surface area (Å²) in [6, 6.07) is 8.25. The summed E-state index contributed by atoms with van der Waals surface area (Å²) in [7, 11) is 0. The molecule has 31 heavy (non-hydrogen) atoms. The predicted molar refractivity (Wildman–Crippen MR) is 110 cm³/mol. The summed E-state index contributed by atoms with van der Waals surface area (Å²) in [5.41, 5.74) is 1.49. The summed E-state index contributed by atoms with van der Waals surface area (Å²) in [6.45, 7) is 4.99. The average Bonchev–Trinajstić information content (AvgIpc) is 3.51. The first-order valence-electron chi connectivity index (χ1n) is 10.4. The third-order valence-electron chi connectivity index (χ3n) is 4.99. The molecule has 2 heterocycles. The van der Waals surface area contributed by atoms with Gasteiger partial charge < -0.3 is 14.8 Å². The largest absolute Gasteiger partial charge is 0.490 e. The van der Waals surface area contributed by atoms with E-state index in [1.165, 1.54) is 12.1 Å². The van der Waals surface area contributed by atoms with Crippen molar-refractivity contribution in [2.75, 3.05) is 13.2 Å². The van der Waals surface area contributed by atoms with Crippen LogP contribution in [0.5, 0.6) is 11.5 Å². The Labute approximate surface area is 178 Å². The van der Waals surface area contributed by atoms with Crippen molar-refractivity contribution in [2.24, 2.45) is 0 Å². The van der Waals surface area contributed by atoms with Crippen LogP contribution in [0.3, 0.4) is 0 Å². The number of carbonyl (C=O) groups is 1. The first kappa shape index (κ1) is 21.0. The molecule has 0 bridgehead atoms. The second kappa shape index (κ2) is 8.87. The van der Waals surface area contributed by atoms with Crippen LogP contribution in [0.25, 0.3) is 5.65 Å². The lowest BCUT2D eigenvalue weighted by Gasteiger charge is -2.12. The Hall–Kier alpha value is -3.23. The van der Waals surface area contributed by atoms with E-state index >= 15 is 0 Å². The molecule has 7 nitrogen and oxygen atoms in total. The van der Waals surface area contributed by atoms with Crippen molar-refractivity contribution < 1.29 is 23.0 Å². The summed E-state index contributed by atoms with van der Waals surface area (Å²) in [6.07, 6.45) is -0.821. The van der Waals surface area contributed by atoms with Crippen LogP contribution in [0.1, 0.15) is 66.5 Å². The van der Waals surface area contributed by atoms with Gasteiger partial charge >= 0.3 is 0 Å². The molecule has 1 fully saturated rings. The summed E-state index contributed by atoms with van der Waals surface area (Å²) in [4.78, 5) is 17.0. The van der Waals surface area contributed by atoms with E-state index in [0.29, 0.717) is 30.4 Å². The van der Waals surface area contributed by atoms with Gasteiger partial charge in [-0.1, -0.05) is 6.07 Å². The SMILES string of the molecule is CCOc1ccc(CNC(=O)c2cc3nc(C4CC4)cc(C(F)F)n3n2)cc1OCC. The van der Waals surface area contributed by atoms with E-state index in [9.17, 15) is 13.6 Å². The Morgan fingerprint density at radius 2 is 1.90 bits per heavy atom. The maximum Gasteiger partial charge on any atom is 0.280 e. The number of amides is 1. The standard InChI is InChI=1S/C22H24F2N4O3/c1-3-30-18-8-5-13(9-19(18)31-4-2)12-25-22(29)16-11-20-26-15(14-6-7-14)10-17(21(23)24)28(20)27-16/h5,8-11,14,21H,3-4,6-7,12H2,1-2H3,(H,25,29). The number of hydrogen-bond acceptors (Lipinski definition) is 5. The van der Waals surface area contributed by atoms with Crippen LogP contribution in [0.15, 0.2) is 30.3 Å². The van der Waals surface area contributed by atoms with Crippen molar-refractivity contribution in [3.63, 3.8) is 0 Å². The fraction of sp³-hybridized carbons (Fsp3) is 0.409. The highest BCUT2D eigenvalue weighted by Crippen LogP contribution is 2.40. The van der Waals surface area contributed by atoms with Crippen LogP contribution in [-0.2, 0) is 6.54 Å². The molecule has 1 aliphatic rings. The molecule has 9 heteroatoms. The minimum atomic E-state index is -2.71. The zero-order chi connectivity index (χ0) is 22.0. The van der Waals surface area contributed by atoms with E-state index < -0.39 is 12.3 Å². The van der Waals surface area contributed by atoms with Crippen LogP contribution < -0.4 is 14.8 Å². The van der Waals surface area contributed by atoms with Gasteiger partial charge in [0.05, 0.1) is 13.2 Å². The molecule has 164 valence electrons. The van der Waals surface area contributed by atoms with Gasteiger partial charge in [-0.3, -0.25) is 4.79 Å². The van der Waals surface area contributed by atoms with Crippen molar-refractivity contribution >= 4 is 11.6 Å². The lowest BCUT2D eigenvalue weighted by molar-refractivity contribution is 0.0944. The van der Waals surface area contributed by atoms with Gasteiger partial charge in [-0.25, -0.2) is 18.3 Å². The lowest BCUT2D eigenvalue weighted by Crippen LogP contribution is -2.23. The molecule has 0 saturated heterocycles. The van der Waals surface area contributed by atoms with E-state index in [1.807, 2.05) is 19.9 Å². The third kappa shape index (κ3) is 4.60. The Morgan fingerprint density at radius 3 is 2.58 bits per heavy atom. The maximum absolute atomic E-state index is 13.5. The normalized spacial score (nSPS) is 13.6. The second-order valence-electron chi connectivity index (χ2n) is 7.31. The summed E-state index contributed by atoms with van der Waals surface area (Å²) in [5, 5.41) is 6.84. The number of rotatable bonds is 9. The quantitative estimate of drug-likeness (QED) is 0.549. The minimum Gasteiger partial charge on any atom is -0.490 e. The van der Waals surface area contributed by atoms with Crippen molar-refractivity contribution in [2.45, 2.75) is 45.6 Å². The Kier molecular flexibility index (Phi) is 6.01. The number of nitrogens with one attached hydrogen (secondary N) is 1. The molecule has 4 rings (SSSR count). The first-order valence-corrected chi connectivity index (χ1v) is 10.4. The fourth-order valence-electron chi connectivity index (χ4n) is 3.35. The van der Waals surface area contributed by atoms with Gasteiger partial charge in [-0.2, -0.15) is 5.10 Å². The second-order valence-corrected chi connectivity index (χ2v) is 7.31. The van der Waals surface area contributed by atoms with E-state index in [4.69, 9.17) is 9.47 Å². The highest BCUT2D eigenvalue weighted by atomic mass is 19.3. The lowest BCUT2D eigenvalue weighted by atomic mass is 10.2.